The Bertz CT molecular complexity index is 1160. The SMILES string of the molecule is CC(COc1cccc2c1CCC(=O)N2)OC(=O)/C=C/C(=O)OC(C)COc1cccc2c1CCC(=O)N2. The van der Waals surface area contributed by atoms with Crippen LogP contribution in [0.2, 0.25) is 0 Å². The van der Waals surface area contributed by atoms with Crippen molar-refractivity contribution < 1.29 is 38.1 Å². The molecule has 2 aliphatic heterocycles. The summed E-state index contributed by atoms with van der Waals surface area (Å²) >= 11 is 0. The van der Waals surface area contributed by atoms with Gasteiger partial charge < -0.3 is 29.6 Å². The highest BCUT2D eigenvalue weighted by molar-refractivity contribution is 5.95. The van der Waals surface area contributed by atoms with Gasteiger partial charge in [-0.25, -0.2) is 9.59 Å². The maximum absolute atomic E-state index is 12.1. The van der Waals surface area contributed by atoms with E-state index in [1.165, 1.54) is 0 Å². The molecule has 0 spiro atoms. The Morgan fingerprint density at radius 2 is 1.16 bits per heavy atom. The molecule has 0 bridgehead atoms. The summed E-state index contributed by atoms with van der Waals surface area (Å²) in [6, 6.07) is 10.8. The predicted octanol–water partition coefficient (Wildman–Crippen LogP) is 3.33. The minimum Gasteiger partial charge on any atom is -0.489 e. The molecule has 0 aromatic heterocycles. The molecule has 0 saturated carbocycles. The smallest absolute Gasteiger partial charge is 0.331 e. The lowest BCUT2D eigenvalue weighted by Gasteiger charge is -2.21. The van der Waals surface area contributed by atoms with E-state index in [9.17, 15) is 19.2 Å². The summed E-state index contributed by atoms with van der Waals surface area (Å²) in [5.74, 6) is -0.224. The Morgan fingerprint density at radius 1 is 0.737 bits per heavy atom. The van der Waals surface area contributed by atoms with Gasteiger partial charge in [0.25, 0.3) is 0 Å². The van der Waals surface area contributed by atoms with Crippen molar-refractivity contribution in [3.8, 4) is 11.5 Å². The molecule has 4 rings (SSSR count). The molecule has 38 heavy (non-hydrogen) atoms. The Kier molecular flexibility index (Phi) is 8.62. The monoisotopic (exact) mass is 522 g/mol. The van der Waals surface area contributed by atoms with E-state index in [1.807, 2.05) is 12.1 Å². The van der Waals surface area contributed by atoms with Gasteiger partial charge >= 0.3 is 11.9 Å². The molecule has 0 fully saturated rings. The largest absolute Gasteiger partial charge is 0.489 e. The molecule has 0 aliphatic carbocycles. The molecular weight excluding hydrogens is 492 g/mol. The minimum atomic E-state index is -0.706. The second-order valence-electron chi connectivity index (χ2n) is 9.11. The Balaban J connectivity index is 1.19. The molecule has 2 aromatic rings. The third-order valence-corrected chi connectivity index (χ3v) is 5.96. The summed E-state index contributed by atoms with van der Waals surface area (Å²) in [6.45, 7) is 3.56. The molecule has 2 unspecified atom stereocenters. The van der Waals surface area contributed by atoms with Crippen LogP contribution in [-0.2, 0) is 41.5 Å². The summed E-state index contributed by atoms with van der Waals surface area (Å²) in [6.07, 6.45) is 2.77. The number of carbonyl (C=O) groups is 4. The van der Waals surface area contributed by atoms with Crippen LogP contribution in [0.3, 0.4) is 0 Å². The highest BCUT2D eigenvalue weighted by Gasteiger charge is 2.20. The van der Waals surface area contributed by atoms with Crippen LogP contribution in [0.4, 0.5) is 11.4 Å². The number of anilines is 2. The molecule has 0 radical (unpaired) electrons. The molecule has 2 amide bonds. The van der Waals surface area contributed by atoms with Crippen LogP contribution in [0, 0.1) is 0 Å². The van der Waals surface area contributed by atoms with E-state index in [2.05, 4.69) is 10.6 Å². The lowest BCUT2D eigenvalue weighted by atomic mass is 10.0. The van der Waals surface area contributed by atoms with Crippen LogP contribution in [0.5, 0.6) is 11.5 Å². The molecule has 0 saturated heterocycles. The van der Waals surface area contributed by atoms with Crippen molar-refractivity contribution in [1.82, 2.24) is 0 Å². The van der Waals surface area contributed by atoms with Crippen molar-refractivity contribution in [3.05, 3.63) is 59.7 Å². The lowest BCUT2D eigenvalue weighted by Crippen LogP contribution is -2.24. The first-order valence-electron chi connectivity index (χ1n) is 12.5. The highest BCUT2D eigenvalue weighted by Crippen LogP contribution is 2.32. The molecule has 2 heterocycles. The van der Waals surface area contributed by atoms with Gasteiger partial charge in [-0.1, -0.05) is 12.1 Å². The first kappa shape index (κ1) is 26.7. The maximum Gasteiger partial charge on any atom is 0.331 e. The topological polar surface area (TPSA) is 129 Å². The van der Waals surface area contributed by atoms with Gasteiger partial charge in [0, 0.05) is 47.5 Å². The minimum absolute atomic E-state index is 0.0322. The van der Waals surface area contributed by atoms with Crippen LogP contribution < -0.4 is 20.1 Å². The molecule has 2 N–H and O–H groups in total. The van der Waals surface area contributed by atoms with E-state index < -0.39 is 24.1 Å². The summed E-state index contributed by atoms with van der Waals surface area (Å²) in [5, 5.41) is 5.62. The second kappa shape index (κ2) is 12.3. The number of hydrogen-bond acceptors (Lipinski definition) is 8. The van der Waals surface area contributed by atoms with Crippen LogP contribution in [0.25, 0.3) is 0 Å². The fourth-order valence-electron chi connectivity index (χ4n) is 4.15. The average molecular weight is 523 g/mol. The van der Waals surface area contributed by atoms with Crippen LogP contribution >= 0.6 is 0 Å². The summed E-state index contributed by atoms with van der Waals surface area (Å²) in [5.41, 5.74) is 3.26. The molecule has 2 aliphatic rings. The van der Waals surface area contributed by atoms with Gasteiger partial charge in [0.15, 0.2) is 0 Å². The van der Waals surface area contributed by atoms with Crippen LogP contribution in [0.1, 0.15) is 37.8 Å². The summed E-state index contributed by atoms with van der Waals surface area (Å²) < 4.78 is 22.2. The summed E-state index contributed by atoms with van der Waals surface area (Å²) in [7, 11) is 0. The van der Waals surface area contributed by atoms with Crippen molar-refractivity contribution in [2.75, 3.05) is 23.8 Å². The van der Waals surface area contributed by atoms with Crippen molar-refractivity contribution in [3.63, 3.8) is 0 Å². The Hall–Kier alpha value is -4.34. The van der Waals surface area contributed by atoms with E-state index in [-0.39, 0.29) is 25.0 Å². The molecule has 2 atom stereocenters. The first-order valence-corrected chi connectivity index (χ1v) is 12.5. The molecule has 200 valence electrons. The fourth-order valence-corrected chi connectivity index (χ4v) is 4.15. The van der Waals surface area contributed by atoms with Gasteiger partial charge in [0.05, 0.1) is 0 Å². The quantitative estimate of drug-likeness (QED) is 0.359. The molecular formula is C28H30N2O8. The zero-order valence-electron chi connectivity index (χ0n) is 21.3. The number of nitrogens with one attached hydrogen (secondary N) is 2. The van der Waals surface area contributed by atoms with E-state index in [4.69, 9.17) is 18.9 Å². The van der Waals surface area contributed by atoms with Gasteiger partial charge in [-0.3, -0.25) is 9.59 Å². The van der Waals surface area contributed by atoms with Crippen LogP contribution in [0.15, 0.2) is 48.6 Å². The van der Waals surface area contributed by atoms with Gasteiger partial charge in [0.2, 0.25) is 11.8 Å². The number of carbonyl (C=O) groups excluding carboxylic acids is 4. The number of fused-ring (bicyclic) bond motifs is 2. The second-order valence-corrected chi connectivity index (χ2v) is 9.11. The first-order chi connectivity index (χ1) is 18.3. The normalized spacial score (nSPS) is 15.8. The van der Waals surface area contributed by atoms with Gasteiger partial charge in [0.1, 0.15) is 36.9 Å². The zero-order valence-corrected chi connectivity index (χ0v) is 21.3. The fraction of sp³-hybridized carbons (Fsp3) is 0.357. The Labute approximate surface area is 220 Å². The third kappa shape index (κ3) is 7.12. The average Bonchev–Trinajstić information content (AvgIpc) is 2.89. The van der Waals surface area contributed by atoms with E-state index in [0.29, 0.717) is 37.2 Å². The Morgan fingerprint density at radius 3 is 1.58 bits per heavy atom. The van der Waals surface area contributed by atoms with Gasteiger partial charge in [-0.2, -0.15) is 0 Å². The number of benzene rings is 2. The number of hydrogen-bond donors (Lipinski definition) is 2. The van der Waals surface area contributed by atoms with E-state index >= 15 is 0 Å². The van der Waals surface area contributed by atoms with Crippen molar-refractivity contribution >= 4 is 35.1 Å². The number of esters is 2. The number of rotatable bonds is 10. The van der Waals surface area contributed by atoms with E-state index in [0.717, 1.165) is 34.7 Å². The predicted molar refractivity (Wildman–Crippen MR) is 138 cm³/mol. The highest BCUT2D eigenvalue weighted by atomic mass is 16.6. The standard InChI is InChI=1S/C28H30N2O8/c1-17(15-35-23-7-3-5-21-19(23)9-11-25(31)29-21)37-27(33)13-14-28(34)38-18(2)16-36-24-8-4-6-22-20(24)10-12-26(32)30-22/h3-8,13-14,17-18H,9-12,15-16H2,1-2H3,(H,29,31)(H,30,32)/b14-13+. The number of amides is 2. The van der Waals surface area contributed by atoms with Gasteiger partial charge in [-0.15, -0.1) is 0 Å². The van der Waals surface area contributed by atoms with Crippen molar-refractivity contribution in [2.45, 2.75) is 51.7 Å². The lowest BCUT2D eigenvalue weighted by molar-refractivity contribution is -0.146. The molecule has 2 aromatic carbocycles. The molecule has 10 heteroatoms. The summed E-state index contributed by atoms with van der Waals surface area (Å²) in [4.78, 5) is 47.4. The van der Waals surface area contributed by atoms with E-state index in [1.54, 1.807) is 38.1 Å². The van der Waals surface area contributed by atoms with Crippen LogP contribution in [-0.4, -0.2) is 49.2 Å². The van der Waals surface area contributed by atoms with Crippen molar-refractivity contribution in [2.24, 2.45) is 0 Å². The molecule has 10 nitrogen and oxygen atoms in total. The third-order valence-electron chi connectivity index (χ3n) is 5.96. The van der Waals surface area contributed by atoms with Gasteiger partial charge in [-0.05, 0) is 51.0 Å². The number of ether oxygens (including phenoxy) is 4. The zero-order chi connectivity index (χ0) is 27.1. The van der Waals surface area contributed by atoms with Crippen molar-refractivity contribution in [1.29, 1.82) is 0 Å². The maximum atomic E-state index is 12.1.